The molecular weight excluding hydrogens is 256 g/mol. The van der Waals surface area contributed by atoms with E-state index in [2.05, 4.69) is 34.7 Å². The van der Waals surface area contributed by atoms with E-state index in [0.29, 0.717) is 5.41 Å². The molecule has 1 fully saturated rings. The summed E-state index contributed by atoms with van der Waals surface area (Å²) in [5.41, 5.74) is 0.318. The van der Waals surface area contributed by atoms with Crippen LogP contribution in [0.5, 0.6) is 0 Å². The van der Waals surface area contributed by atoms with Gasteiger partial charge in [-0.05, 0) is 5.41 Å². The lowest BCUT2D eigenvalue weighted by molar-refractivity contribution is -0.130. The van der Waals surface area contributed by atoms with Crippen LogP contribution in [0.15, 0.2) is 0 Å². The van der Waals surface area contributed by atoms with Gasteiger partial charge in [0.15, 0.2) is 0 Å². The minimum Gasteiger partial charge on any atom is -0.340 e. The fourth-order valence-electron chi connectivity index (χ4n) is 1.87. The Kier molecular flexibility index (Phi) is 4.59. The van der Waals surface area contributed by atoms with Gasteiger partial charge in [0.05, 0.1) is 0 Å². The van der Waals surface area contributed by atoms with Crippen LogP contribution in [0.2, 0.25) is 0 Å². The molecule has 1 aliphatic rings. The number of amides is 1. The van der Waals surface area contributed by atoms with Crippen LogP contribution in [0.4, 0.5) is 0 Å². The number of piperazine rings is 1. The molecule has 0 aromatic rings. The Balaban J connectivity index is 2.35. The third kappa shape index (κ3) is 4.11. The number of rotatable bonds is 3. The van der Waals surface area contributed by atoms with Crippen molar-refractivity contribution in [2.45, 2.75) is 20.8 Å². The van der Waals surface area contributed by atoms with Gasteiger partial charge in [0.25, 0.3) is 0 Å². The predicted octanol–water partition coefficient (Wildman–Crippen LogP) is 1.57. The fraction of sp³-hybridized carbons (Fsp3) is 0.909. The van der Waals surface area contributed by atoms with Gasteiger partial charge in [-0.2, -0.15) is 0 Å². The first-order valence-corrected chi connectivity index (χ1v) is 6.60. The molecule has 1 aliphatic heterocycles. The van der Waals surface area contributed by atoms with Crippen LogP contribution in [-0.2, 0) is 4.79 Å². The summed E-state index contributed by atoms with van der Waals surface area (Å²) in [5, 5.41) is 1.02. The average molecular weight is 277 g/mol. The van der Waals surface area contributed by atoms with Gasteiger partial charge in [0.2, 0.25) is 5.91 Å². The second kappa shape index (κ2) is 5.30. The van der Waals surface area contributed by atoms with Crippen molar-refractivity contribution in [2.24, 2.45) is 5.41 Å². The van der Waals surface area contributed by atoms with Crippen LogP contribution in [-0.4, -0.2) is 53.8 Å². The van der Waals surface area contributed by atoms with E-state index < -0.39 is 0 Å². The van der Waals surface area contributed by atoms with E-state index in [1.54, 1.807) is 6.92 Å². The number of nitrogens with zero attached hydrogens (tertiary/aromatic N) is 2. The van der Waals surface area contributed by atoms with Crippen LogP contribution in [0.25, 0.3) is 0 Å². The molecule has 0 N–H and O–H groups in total. The molecule has 88 valence electrons. The van der Waals surface area contributed by atoms with E-state index in [9.17, 15) is 4.79 Å². The summed E-state index contributed by atoms with van der Waals surface area (Å²) in [6, 6.07) is 0. The van der Waals surface area contributed by atoms with Gasteiger partial charge in [-0.1, -0.05) is 29.8 Å². The number of hydrogen-bond donors (Lipinski definition) is 0. The third-order valence-corrected chi connectivity index (χ3v) is 4.35. The molecule has 1 saturated heterocycles. The number of carbonyl (C=O) groups excluding carboxylic acids is 1. The molecule has 1 amide bonds. The van der Waals surface area contributed by atoms with Crippen molar-refractivity contribution in [3.63, 3.8) is 0 Å². The van der Waals surface area contributed by atoms with Crippen molar-refractivity contribution in [1.82, 2.24) is 9.80 Å². The molecule has 1 rings (SSSR count). The Morgan fingerprint density at radius 2 is 1.80 bits per heavy atom. The highest BCUT2D eigenvalue weighted by molar-refractivity contribution is 9.09. The van der Waals surface area contributed by atoms with E-state index in [4.69, 9.17) is 0 Å². The standard InChI is InChI=1S/C11H21BrN2O/c1-10(15)14-6-4-13(5-7-14)9-11(2,3)8-12/h4-9H2,1-3H3. The summed E-state index contributed by atoms with van der Waals surface area (Å²) in [6.07, 6.45) is 0. The van der Waals surface area contributed by atoms with Crippen molar-refractivity contribution in [3.05, 3.63) is 0 Å². The van der Waals surface area contributed by atoms with Gasteiger partial charge in [0, 0.05) is 45.0 Å². The SMILES string of the molecule is CC(=O)N1CCN(CC(C)(C)CBr)CC1. The lowest BCUT2D eigenvalue weighted by Crippen LogP contribution is -2.50. The normalized spacial score (nSPS) is 19.3. The molecule has 0 aromatic carbocycles. The number of hydrogen-bond acceptors (Lipinski definition) is 2. The average Bonchev–Trinajstić information content (AvgIpc) is 2.18. The van der Waals surface area contributed by atoms with Crippen molar-refractivity contribution < 1.29 is 4.79 Å². The maximum atomic E-state index is 11.1. The lowest BCUT2D eigenvalue weighted by atomic mass is 9.95. The molecule has 0 spiro atoms. The highest BCUT2D eigenvalue weighted by Gasteiger charge is 2.24. The highest BCUT2D eigenvalue weighted by Crippen LogP contribution is 2.20. The molecule has 0 radical (unpaired) electrons. The van der Waals surface area contributed by atoms with E-state index in [1.165, 1.54) is 0 Å². The zero-order chi connectivity index (χ0) is 11.5. The van der Waals surface area contributed by atoms with Gasteiger partial charge in [-0.25, -0.2) is 0 Å². The number of halogens is 1. The van der Waals surface area contributed by atoms with E-state index in [1.807, 2.05) is 4.90 Å². The van der Waals surface area contributed by atoms with Crippen molar-refractivity contribution in [3.8, 4) is 0 Å². The van der Waals surface area contributed by atoms with Crippen LogP contribution >= 0.6 is 15.9 Å². The third-order valence-electron chi connectivity index (χ3n) is 2.83. The summed E-state index contributed by atoms with van der Waals surface area (Å²) in [7, 11) is 0. The fourth-order valence-corrected chi connectivity index (χ4v) is 2.05. The molecule has 0 aromatic heterocycles. The minimum absolute atomic E-state index is 0.203. The molecular formula is C11H21BrN2O. The Bertz CT molecular complexity index is 223. The molecule has 4 heteroatoms. The molecule has 0 atom stereocenters. The Labute approximate surface area is 101 Å². The smallest absolute Gasteiger partial charge is 0.219 e. The highest BCUT2D eigenvalue weighted by atomic mass is 79.9. The Hall–Kier alpha value is -0.0900. The first-order valence-electron chi connectivity index (χ1n) is 5.48. The van der Waals surface area contributed by atoms with Crippen molar-refractivity contribution in [1.29, 1.82) is 0 Å². The van der Waals surface area contributed by atoms with Crippen LogP contribution in [0, 0.1) is 5.41 Å². The summed E-state index contributed by atoms with van der Waals surface area (Å²) in [5.74, 6) is 0.203. The molecule has 1 heterocycles. The number of carbonyl (C=O) groups is 1. The Morgan fingerprint density at radius 1 is 1.27 bits per heavy atom. The predicted molar refractivity (Wildman–Crippen MR) is 66.3 cm³/mol. The molecule has 0 saturated carbocycles. The van der Waals surface area contributed by atoms with E-state index in [0.717, 1.165) is 38.1 Å². The van der Waals surface area contributed by atoms with Gasteiger partial charge in [-0.3, -0.25) is 9.69 Å². The molecule has 15 heavy (non-hydrogen) atoms. The first kappa shape index (κ1) is 13.0. The lowest BCUT2D eigenvalue weighted by Gasteiger charge is -2.38. The van der Waals surface area contributed by atoms with E-state index >= 15 is 0 Å². The first-order chi connectivity index (χ1) is 6.94. The van der Waals surface area contributed by atoms with Gasteiger partial charge in [0.1, 0.15) is 0 Å². The maximum Gasteiger partial charge on any atom is 0.219 e. The summed E-state index contributed by atoms with van der Waals surface area (Å²) in [6.45, 7) is 11.1. The van der Waals surface area contributed by atoms with E-state index in [-0.39, 0.29) is 5.91 Å². The Morgan fingerprint density at radius 3 is 2.20 bits per heavy atom. The monoisotopic (exact) mass is 276 g/mol. The zero-order valence-corrected chi connectivity index (χ0v) is 11.5. The van der Waals surface area contributed by atoms with Crippen molar-refractivity contribution in [2.75, 3.05) is 38.1 Å². The molecule has 3 nitrogen and oxygen atoms in total. The summed E-state index contributed by atoms with van der Waals surface area (Å²) >= 11 is 3.54. The number of alkyl halides is 1. The summed E-state index contributed by atoms with van der Waals surface area (Å²) in [4.78, 5) is 15.5. The second-order valence-corrected chi connectivity index (χ2v) is 5.64. The van der Waals surface area contributed by atoms with Crippen LogP contribution in [0.1, 0.15) is 20.8 Å². The maximum absolute atomic E-state index is 11.1. The molecule has 0 bridgehead atoms. The topological polar surface area (TPSA) is 23.6 Å². The van der Waals surface area contributed by atoms with Crippen molar-refractivity contribution >= 4 is 21.8 Å². The van der Waals surface area contributed by atoms with Gasteiger partial charge < -0.3 is 4.90 Å². The molecule has 0 unspecified atom stereocenters. The van der Waals surface area contributed by atoms with Gasteiger partial charge >= 0.3 is 0 Å². The quantitative estimate of drug-likeness (QED) is 0.731. The molecule has 0 aliphatic carbocycles. The summed E-state index contributed by atoms with van der Waals surface area (Å²) < 4.78 is 0. The zero-order valence-electron chi connectivity index (χ0n) is 9.92. The van der Waals surface area contributed by atoms with Crippen LogP contribution in [0.3, 0.4) is 0 Å². The largest absolute Gasteiger partial charge is 0.340 e. The second-order valence-electron chi connectivity index (χ2n) is 5.08. The van der Waals surface area contributed by atoms with Crippen LogP contribution < -0.4 is 0 Å². The van der Waals surface area contributed by atoms with Gasteiger partial charge in [-0.15, -0.1) is 0 Å². The minimum atomic E-state index is 0.203.